The van der Waals surface area contributed by atoms with E-state index in [2.05, 4.69) is 69.7 Å². The third-order valence-electron chi connectivity index (χ3n) is 3.92. The van der Waals surface area contributed by atoms with Crippen LogP contribution in [0, 0.1) is 13.8 Å². The number of benzene rings is 2. The first-order valence-corrected chi connectivity index (χ1v) is 8.41. The molecule has 2 aromatic carbocycles. The summed E-state index contributed by atoms with van der Waals surface area (Å²) < 4.78 is 0. The van der Waals surface area contributed by atoms with E-state index in [1.54, 1.807) is 0 Å². The minimum atomic E-state index is 0.388. The van der Waals surface area contributed by atoms with Crippen molar-refractivity contribution in [1.82, 2.24) is 0 Å². The summed E-state index contributed by atoms with van der Waals surface area (Å²) >= 11 is 0. The van der Waals surface area contributed by atoms with Crippen LogP contribution in [0.3, 0.4) is 0 Å². The molecule has 0 spiro atoms. The van der Waals surface area contributed by atoms with Gasteiger partial charge < -0.3 is 0 Å². The zero-order valence-electron chi connectivity index (χ0n) is 15.8. The van der Waals surface area contributed by atoms with E-state index in [9.17, 15) is 4.79 Å². The van der Waals surface area contributed by atoms with Gasteiger partial charge in [-0.2, -0.15) is 0 Å². The van der Waals surface area contributed by atoms with Gasteiger partial charge in [0.05, 0.1) is 0 Å². The predicted octanol–water partition coefficient (Wildman–Crippen LogP) is 5.93. The van der Waals surface area contributed by atoms with Gasteiger partial charge in [0.15, 0.2) is 0 Å². The van der Waals surface area contributed by atoms with E-state index in [1.807, 2.05) is 31.1 Å². The lowest BCUT2D eigenvalue weighted by molar-refractivity contribution is 0.569. The summed E-state index contributed by atoms with van der Waals surface area (Å²) in [6.45, 7) is 13.8. The van der Waals surface area contributed by atoms with Gasteiger partial charge in [0, 0.05) is 17.3 Å². The number of aryl methyl sites for hydroxylation is 2. The Hall–Kier alpha value is -2.70. The minimum absolute atomic E-state index is 0.388. The van der Waals surface area contributed by atoms with Crippen LogP contribution in [0.4, 0.5) is 0 Å². The molecule has 0 amide bonds. The first-order valence-electron chi connectivity index (χ1n) is 8.41. The number of nitrogens with zero attached hydrogens (tertiary/aromatic N) is 1. The van der Waals surface area contributed by atoms with Crippen LogP contribution in [0.5, 0.6) is 0 Å². The Morgan fingerprint density at radius 3 is 2.00 bits per heavy atom. The maximum absolute atomic E-state index is 10.6. The molecule has 0 radical (unpaired) electrons. The molecule has 2 nitrogen and oxygen atoms in total. The first kappa shape index (κ1) is 20.3. The molecule has 0 bridgehead atoms. The highest BCUT2D eigenvalue weighted by Gasteiger charge is 2.10. The van der Waals surface area contributed by atoms with E-state index in [0.717, 1.165) is 16.8 Å². The Bertz CT molecular complexity index is 755. The normalized spacial score (nSPS) is 11.0. The van der Waals surface area contributed by atoms with Gasteiger partial charge in [-0.3, -0.25) is 4.99 Å². The molecule has 2 rings (SSSR count). The molecule has 0 atom stereocenters. The third kappa shape index (κ3) is 6.37. The largest absolute Gasteiger partial charge is 0.269 e. The number of rotatable bonds is 4. The lowest BCUT2D eigenvalue weighted by Gasteiger charge is -2.13. The van der Waals surface area contributed by atoms with Crippen molar-refractivity contribution in [3.8, 4) is 0 Å². The van der Waals surface area contributed by atoms with Crippen LogP contribution in [0.1, 0.15) is 48.9 Å². The summed E-state index contributed by atoms with van der Waals surface area (Å²) in [5.74, 6) is 2.21. The summed E-state index contributed by atoms with van der Waals surface area (Å²) in [6.07, 6.45) is 1.42. The van der Waals surface area contributed by atoms with Crippen molar-refractivity contribution in [2.45, 2.75) is 40.5 Å². The Labute approximate surface area is 151 Å². The number of hydrogen-bond donors (Lipinski definition) is 0. The summed E-state index contributed by atoms with van der Waals surface area (Å²) in [4.78, 5) is 14.5. The molecule has 0 heterocycles. The summed E-state index contributed by atoms with van der Waals surface area (Å²) in [5.41, 5.74) is 6.40. The lowest BCUT2D eigenvalue weighted by Crippen LogP contribution is -1.96. The van der Waals surface area contributed by atoms with E-state index in [-0.39, 0.29) is 0 Å². The van der Waals surface area contributed by atoms with Crippen molar-refractivity contribution >= 4 is 18.2 Å². The third-order valence-corrected chi connectivity index (χ3v) is 3.92. The molecular weight excluding hydrogens is 306 g/mol. The van der Waals surface area contributed by atoms with Gasteiger partial charge in [-0.05, 0) is 44.5 Å². The Morgan fingerprint density at radius 1 is 1.04 bits per heavy atom. The number of hydrogen-bond acceptors (Lipinski definition) is 2. The van der Waals surface area contributed by atoms with E-state index >= 15 is 0 Å². The van der Waals surface area contributed by atoms with E-state index < -0.39 is 0 Å². The zero-order valence-corrected chi connectivity index (χ0v) is 15.8. The second-order valence-electron chi connectivity index (χ2n) is 6.32. The van der Waals surface area contributed by atoms with Crippen LogP contribution in [0.25, 0.3) is 5.57 Å². The van der Waals surface area contributed by atoms with E-state index in [1.165, 1.54) is 22.8 Å². The second kappa shape index (κ2) is 10.2. The smallest absolute Gasteiger partial charge is 0.125 e. The number of aliphatic imine (C=N–C) groups is 1. The van der Waals surface area contributed by atoms with Crippen molar-refractivity contribution in [3.63, 3.8) is 0 Å². The Morgan fingerprint density at radius 2 is 1.56 bits per heavy atom. The van der Waals surface area contributed by atoms with E-state index in [4.69, 9.17) is 0 Å². The lowest BCUT2D eigenvalue weighted by atomic mass is 9.92. The van der Waals surface area contributed by atoms with Crippen LogP contribution < -0.4 is 0 Å². The standard InChI is InChI=1S/C15H17NO.C8H10/c1-11(2)13-7-5-6-8-15(13)14(9-10-17)12(3)16-4;1-7-3-5-8(2)6-4-7/h5-9,11H,4H2,1-3H3;3-6H,1-2H3/b14-12-;. The first-order chi connectivity index (χ1) is 11.9. The second-order valence-corrected chi connectivity index (χ2v) is 6.32. The summed E-state index contributed by atoms with van der Waals surface area (Å²) in [6, 6.07) is 16.5. The fraction of sp³-hybridized carbons (Fsp3) is 0.261. The van der Waals surface area contributed by atoms with Gasteiger partial charge >= 0.3 is 0 Å². The molecule has 0 saturated carbocycles. The van der Waals surface area contributed by atoms with Crippen molar-refractivity contribution < 1.29 is 4.79 Å². The highest BCUT2D eigenvalue weighted by atomic mass is 16.1. The minimum Gasteiger partial charge on any atom is -0.269 e. The molecule has 2 aromatic rings. The molecule has 0 aliphatic carbocycles. The van der Waals surface area contributed by atoms with Crippen LogP contribution in [0.2, 0.25) is 0 Å². The summed E-state index contributed by atoms with van der Waals surface area (Å²) in [7, 11) is 0. The van der Waals surface area contributed by atoms with Crippen molar-refractivity contribution in [1.29, 1.82) is 0 Å². The number of carbonyl (C=O) groups excluding carboxylic acids is 1. The Balaban J connectivity index is 0.000000324. The molecule has 0 unspecified atom stereocenters. The van der Waals surface area contributed by atoms with Gasteiger partial charge in [0.1, 0.15) is 5.94 Å². The highest BCUT2D eigenvalue weighted by Crippen LogP contribution is 2.28. The highest BCUT2D eigenvalue weighted by molar-refractivity contribution is 5.84. The van der Waals surface area contributed by atoms with Crippen molar-refractivity contribution in [2.75, 3.05) is 0 Å². The van der Waals surface area contributed by atoms with E-state index in [0.29, 0.717) is 5.92 Å². The maximum atomic E-state index is 10.6. The molecule has 0 fully saturated rings. The maximum Gasteiger partial charge on any atom is 0.125 e. The van der Waals surface area contributed by atoms with Gasteiger partial charge in [0.25, 0.3) is 0 Å². The van der Waals surface area contributed by atoms with Crippen molar-refractivity contribution in [2.24, 2.45) is 4.99 Å². The number of allylic oxidation sites excluding steroid dienone is 3. The van der Waals surface area contributed by atoms with Crippen molar-refractivity contribution in [3.05, 3.63) is 82.6 Å². The average Bonchev–Trinajstić information content (AvgIpc) is 2.62. The fourth-order valence-corrected chi connectivity index (χ4v) is 2.40. The SMILES string of the molecule is C=N/C(C)=C(/C=C=O)c1ccccc1C(C)C.Cc1ccc(C)cc1. The Kier molecular flexibility index (Phi) is 8.32. The quantitative estimate of drug-likeness (QED) is 0.387. The molecule has 0 aliphatic heterocycles. The molecular formula is C23H27NO. The average molecular weight is 333 g/mol. The van der Waals surface area contributed by atoms with Crippen LogP contribution in [-0.2, 0) is 4.79 Å². The van der Waals surface area contributed by atoms with Gasteiger partial charge in [-0.25, -0.2) is 4.79 Å². The molecule has 0 aliphatic rings. The zero-order chi connectivity index (χ0) is 18.8. The summed E-state index contributed by atoms with van der Waals surface area (Å²) in [5, 5.41) is 0. The van der Waals surface area contributed by atoms with Crippen LogP contribution >= 0.6 is 0 Å². The van der Waals surface area contributed by atoms with Crippen LogP contribution in [0.15, 0.2) is 65.3 Å². The van der Waals surface area contributed by atoms with Gasteiger partial charge in [-0.1, -0.05) is 73.5 Å². The molecule has 2 heteroatoms. The predicted molar refractivity (Wildman–Crippen MR) is 109 cm³/mol. The fourth-order valence-electron chi connectivity index (χ4n) is 2.40. The molecule has 0 saturated heterocycles. The molecule has 0 aromatic heterocycles. The van der Waals surface area contributed by atoms with Gasteiger partial charge in [0.2, 0.25) is 0 Å². The van der Waals surface area contributed by atoms with Crippen LogP contribution in [-0.4, -0.2) is 12.7 Å². The topological polar surface area (TPSA) is 29.4 Å². The monoisotopic (exact) mass is 333 g/mol. The molecule has 130 valence electrons. The molecule has 25 heavy (non-hydrogen) atoms. The molecule has 0 N–H and O–H groups in total. The van der Waals surface area contributed by atoms with Gasteiger partial charge in [-0.15, -0.1) is 0 Å².